The van der Waals surface area contributed by atoms with Crippen molar-refractivity contribution >= 4 is 12.0 Å². The molecular weight excluding hydrogens is 274 g/mol. The first-order valence-corrected chi connectivity index (χ1v) is 6.36. The van der Waals surface area contributed by atoms with Gasteiger partial charge in [0, 0.05) is 19.2 Å². The average Bonchev–Trinajstić information content (AvgIpc) is 3.00. The van der Waals surface area contributed by atoms with Gasteiger partial charge in [-0.3, -0.25) is 9.69 Å². The van der Waals surface area contributed by atoms with Crippen molar-refractivity contribution in [2.45, 2.75) is 6.04 Å². The first kappa shape index (κ1) is 13.2. The van der Waals surface area contributed by atoms with E-state index in [-0.39, 0.29) is 5.91 Å². The second-order valence-electron chi connectivity index (χ2n) is 4.64. The van der Waals surface area contributed by atoms with Gasteiger partial charge in [0.2, 0.25) is 5.91 Å². The van der Waals surface area contributed by atoms with Crippen LogP contribution in [0.5, 0.6) is 5.75 Å². The predicted octanol–water partition coefficient (Wildman–Crippen LogP) is 1.27. The molecule has 7 heteroatoms. The summed E-state index contributed by atoms with van der Waals surface area (Å²) in [4.78, 5) is 28.4. The van der Waals surface area contributed by atoms with Crippen LogP contribution in [0.25, 0.3) is 11.3 Å². The van der Waals surface area contributed by atoms with Crippen LogP contribution in [0.4, 0.5) is 4.79 Å². The van der Waals surface area contributed by atoms with E-state index in [9.17, 15) is 9.59 Å². The van der Waals surface area contributed by atoms with Crippen molar-refractivity contribution in [2.24, 2.45) is 0 Å². The summed E-state index contributed by atoms with van der Waals surface area (Å²) >= 11 is 0. The summed E-state index contributed by atoms with van der Waals surface area (Å²) in [5.74, 6) is 0.231. The van der Waals surface area contributed by atoms with Crippen LogP contribution >= 0.6 is 0 Å². The van der Waals surface area contributed by atoms with Crippen molar-refractivity contribution in [1.82, 2.24) is 15.2 Å². The standard InChI is InChI=1S/C14H13N3O4/c1-17(12-6-15-13(12)18)14(19)21-10-4-2-9(3-5-10)11-7-20-8-16-11/h2-5,7-8,12H,6H2,1H3,(H,15,18)/t12-/m0/s1. The number of nitrogens with one attached hydrogen (secondary N) is 1. The lowest BCUT2D eigenvalue weighted by molar-refractivity contribution is -0.131. The Labute approximate surface area is 120 Å². The summed E-state index contributed by atoms with van der Waals surface area (Å²) in [6, 6.07) is 6.42. The van der Waals surface area contributed by atoms with Crippen molar-refractivity contribution < 1.29 is 18.7 Å². The molecule has 0 bridgehead atoms. The SMILES string of the molecule is CN(C(=O)Oc1ccc(-c2cocn2)cc1)[C@H]1CNC1=O. The van der Waals surface area contributed by atoms with Crippen molar-refractivity contribution in [3.05, 3.63) is 36.9 Å². The van der Waals surface area contributed by atoms with Gasteiger partial charge in [-0.1, -0.05) is 0 Å². The largest absolute Gasteiger partial charge is 0.451 e. The molecule has 0 aliphatic carbocycles. The zero-order chi connectivity index (χ0) is 14.8. The van der Waals surface area contributed by atoms with Gasteiger partial charge in [0.05, 0.1) is 0 Å². The van der Waals surface area contributed by atoms with Crippen LogP contribution in [0.1, 0.15) is 0 Å². The van der Waals surface area contributed by atoms with Gasteiger partial charge in [0.15, 0.2) is 6.39 Å². The number of β-lactam (4-membered cyclic amide) rings is 1. The Kier molecular flexibility index (Phi) is 3.31. The third-order valence-electron chi connectivity index (χ3n) is 3.32. The number of ether oxygens (including phenoxy) is 1. The smallest absolute Gasteiger partial charge is 0.415 e. The summed E-state index contributed by atoms with van der Waals surface area (Å²) in [5.41, 5.74) is 1.56. The van der Waals surface area contributed by atoms with Gasteiger partial charge in [0.1, 0.15) is 23.7 Å². The second kappa shape index (κ2) is 5.28. The molecule has 1 saturated heterocycles. The number of hydrogen-bond donors (Lipinski definition) is 1. The highest BCUT2D eigenvalue weighted by atomic mass is 16.6. The maximum absolute atomic E-state index is 11.9. The van der Waals surface area contributed by atoms with Gasteiger partial charge in [-0.05, 0) is 24.3 Å². The van der Waals surface area contributed by atoms with Gasteiger partial charge in [-0.25, -0.2) is 9.78 Å². The molecule has 1 aliphatic rings. The normalized spacial score (nSPS) is 16.8. The fraction of sp³-hybridized carbons (Fsp3) is 0.214. The van der Waals surface area contributed by atoms with Crippen LogP contribution in [0.3, 0.4) is 0 Å². The van der Waals surface area contributed by atoms with E-state index < -0.39 is 12.1 Å². The third-order valence-corrected chi connectivity index (χ3v) is 3.32. The number of rotatable bonds is 3. The number of oxazole rings is 1. The number of nitrogens with zero attached hydrogens (tertiary/aromatic N) is 2. The van der Waals surface area contributed by atoms with Gasteiger partial charge in [-0.15, -0.1) is 0 Å². The fourth-order valence-corrected chi connectivity index (χ4v) is 1.94. The molecule has 2 aromatic rings. The molecule has 2 heterocycles. The lowest BCUT2D eigenvalue weighted by Crippen LogP contribution is -2.62. The molecule has 1 N–H and O–H groups in total. The minimum atomic E-state index is -0.566. The summed E-state index contributed by atoms with van der Waals surface area (Å²) in [7, 11) is 1.54. The molecule has 21 heavy (non-hydrogen) atoms. The highest BCUT2D eigenvalue weighted by Crippen LogP contribution is 2.21. The average molecular weight is 287 g/mol. The predicted molar refractivity (Wildman–Crippen MR) is 72.5 cm³/mol. The van der Waals surface area contributed by atoms with E-state index in [0.29, 0.717) is 18.0 Å². The molecule has 3 rings (SSSR count). The van der Waals surface area contributed by atoms with Crippen molar-refractivity contribution in [3.8, 4) is 17.0 Å². The lowest BCUT2D eigenvalue weighted by atomic mass is 10.1. The quantitative estimate of drug-likeness (QED) is 0.859. The van der Waals surface area contributed by atoms with Crippen LogP contribution in [-0.4, -0.2) is 41.5 Å². The number of aromatic nitrogens is 1. The van der Waals surface area contributed by atoms with E-state index >= 15 is 0 Å². The molecule has 0 spiro atoms. The van der Waals surface area contributed by atoms with E-state index in [2.05, 4.69) is 10.3 Å². The second-order valence-corrected chi connectivity index (χ2v) is 4.64. The monoisotopic (exact) mass is 287 g/mol. The molecule has 1 aliphatic heterocycles. The van der Waals surface area contributed by atoms with Gasteiger partial charge in [0.25, 0.3) is 0 Å². The third kappa shape index (κ3) is 2.58. The molecule has 0 unspecified atom stereocenters. The summed E-state index contributed by atoms with van der Waals surface area (Å²) in [6.07, 6.45) is 2.32. The molecule has 7 nitrogen and oxygen atoms in total. The molecule has 1 fully saturated rings. The maximum Gasteiger partial charge on any atom is 0.415 e. The van der Waals surface area contributed by atoms with E-state index in [1.807, 2.05) is 0 Å². The van der Waals surface area contributed by atoms with Crippen LogP contribution in [0, 0.1) is 0 Å². The van der Waals surface area contributed by atoms with Crippen molar-refractivity contribution in [3.63, 3.8) is 0 Å². The van der Waals surface area contributed by atoms with Crippen molar-refractivity contribution in [2.75, 3.05) is 13.6 Å². The summed E-state index contributed by atoms with van der Waals surface area (Å²) < 4.78 is 10.1. The Hall–Kier alpha value is -2.83. The molecule has 1 atom stereocenters. The minimum absolute atomic E-state index is 0.171. The first-order valence-electron chi connectivity index (χ1n) is 6.36. The number of carbonyl (C=O) groups is 2. The number of amides is 2. The first-order chi connectivity index (χ1) is 10.1. The minimum Gasteiger partial charge on any atom is -0.451 e. The Morgan fingerprint density at radius 3 is 2.71 bits per heavy atom. The zero-order valence-corrected chi connectivity index (χ0v) is 11.3. The molecule has 1 aromatic heterocycles. The van der Waals surface area contributed by atoms with Gasteiger partial charge < -0.3 is 14.5 Å². The molecule has 1 aromatic carbocycles. The number of benzene rings is 1. The van der Waals surface area contributed by atoms with Crippen LogP contribution in [0.2, 0.25) is 0 Å². The molecule has 0 saturated carbocycles. The highest BCUT2D eigenvalue weighted by Gasteiger charge is 2.35. The Bertz CT molecular complexity index is 651. The Morgan fingerprint density at radius 2 is 2.19 bits per heavy atom. The molecule has 0 radical (unpaired) electrons. The Morgan fingerprint density at radius 1 is 1.43 bits per heavy atom. The number of carbonyl (C=O) groups excluding carboxylic acids is 2. The number of hydrogen-bond acceptors (Lipinski definition) is 5. The van der Waals surface area contributed by atoms with Crippen LogP contribution in [0.15, 0.2) is 41.3 Å². The summed E-state index contributed by atoms with van der Waals surface area (Å²) in [6.45, 7) is 0.454. The van der Waals surface area contributed by atoms with Crippen molar-refractivity contribution in [1.29, 1.82) is 0 Å². The van der Waals surface area contributed by atoms with E-state index in [4.69, 9.17) is 9.15 Å². The highest BCUT2D eigenvalue weighted by molar-refractivity contribution is 5.91. The fourth-order valence-electron chi connectivity index (χ4n) is 1.94. The van der Waals surface area contributed by atoms with Crippen LogP contribution in [-0.2, 0) is 4.79 Å². The van der Waals surface area contributed by atoms with Gasteiger partial charge in [-0.2, -0.15) is 0 Å². The molecular formula is C14H13N3O4. The topological polar surface area (TPSA) is 84.7 Å². The summed E-state index contributed by atoms with van der Waals surface area (Å²) in [5, 5.41) is 2.58. The number of likely N-dealkylation sites (N-methyl/N-ethyl adjacent to an activating group) is 1. The lowest BCUT2D eigenvalue weighted by Gasteiger charge is -2.33. The molecule has 108 valence electrons. The zero-order valence-electron chi connectivity index (χ0n) is 11.3. The maximum atomic E-state index is 11.9. The van der Waals surface area contributed by atoms with E-state index in [1.54, 1.807) is 24.3 Å². The Balaban J connectivity index is 1.65. The van der Waals surface area contributed by atoms with Gasteiger partial charge >= 0.3 is 6.09 Å². The molecule has 2 amide bonds. The van der Waals surface area contributed by atoms with E-state index in [1.165, 1.54) is 24.6 Å². The van der Waals surface area contributed by atoms with Crippen LogP contribution < -0.4 is 10.1 Å². The van der Waals surface area contributed by atoms with E-state index in [0.717, 1.165) is 5.56 Å².